The van der Waals surface area contributed by atoms with Crippen LogP contribution in [-0.4, -0.2) is 21.3 Å². The molecular formula is C19H34O5P2. The van der Waals surface area contributed by atoms with Crippen molar-refractivity contribution in [2.24, 2.45) is 0 Å². The van der Waals surface area contributed by atoms with E-state index in [1.807, 2.05) is 13.0 Å². The van der Waals surface area contributed by atoms with Gasteiger partial charge < -0.3 is 19.2 Å². The van der Waals surface area contributed by atoms with Crippen LogP contribution in [0.15, 0.2) is 47.1 Å². The lowest BCUT2D eigenvalue weighted by Gasteiger charge is -2.09. The minimum atomic E-state index is -2.58. The first-order valence-electron chi connectivity index (χ1n) is 8.88. The molecule has 0 aromatic carbocycles. The van der Waals surface area contributed by atoms with E-state index in [0.717, 1.165) is 44.1 Å². The van der Waals surface area contributed by atoms with Gasteiger partial charge in [-0.2, -0.15) is 0 Å². The quantitative estimate of drug-likeness (QED) is 0.182. The zero-order valence-electron chi connectivity index (χ0n) is 16.4. The molecule has 7 heteroatoms. The van der Waals surface area contributed by atoms with Crippen LogP contribution in [0, 0.1) is 0 Å². The summed E-state index contributed by atoms with van der Waals surface area (Å²) in [4.78, 5) is 26.4. The van der Waals surface area contributed by atoms with E-state index in [-0.39, 0.29) is 6.61 Å². The highest BCUT2D eigenvalue weighted by Gasteiger charge is 2.11. The molecule has 0 radical (unpaired) electrons. The Morgan fingerprint density at radius 2 is 1.38 bits per heavy atom. The maximum Gasteiger partial charge on any atom is 0.337 e. The first-order chi connectivity index (χ1) is 12.3. The zero-order valence-corrected chi connectivity index (χ0v) is 18.2. The fourth-order valence-corrected chi connectivity index (χ4v) is 2.99. The van der Waals surface area contributed by atoms with Crippen LogP contribution >= 0.6 is 17.2 Å². The van der Waals surface area contributed by atoms with E-state index < -0.39 is 17.2 Å². The Kier molecular flexibility index (Phi) is 16.5. The molecule has 0 saturated carbocycles. The average molecular weight is 404 g/mol. The van der Waals surface area contributed by atoms with Crippen LogP contribution in [0.3, 0.4) is 0 Å². The molecule has 0 saturated heterocycles. The number of hydrogen-bond donors (Lipinski definition) is 3. The van der Waals surface area contributed by atoms with E-state index in [2.05, 4.69) is 49.4 Å². The third kappa shape index (κ3) is 18.4. The van der Waals surface area contributed by atoms with Gasteiger partial charge in [-0.25, -0.2) is 4.31 Å². The van der Waals surface area contributed by atoms with Crippen LogP contribution in [0.5, 0.6) is 0 Å². The fraction of sp³-hybridized carbons (Fsp3) is 0.579. The van der Waals surface area contributed by atoms with Gasteiger partial charge in [0.05, 0.1) is 6.61 Å². The van der Waals surface area contributed by atoms with Gasteiger partial charge in [0.2, 0.25) is 0 Å². The van der Waals surface area contributed by atoms with Crippen LogP contribution in [0.1, 0.15) is 66.2 Å². The molecule has 0 aliphatic carbocycles. The second kappa shape index (κ2) is 16.8. The predicted octanol–water partition coefficient (Wildman–Crippen LogP) is 6.21. The van der Waals surface area contributed by atoms with E-state index in [0.29, 0.717) is 0 Å². The van der Waals surface area contributed by atoms with E-state index in [1.54, 1.807) is 0 Å². The number of allylic oxidation sites excluding steroid dienone is 7. The van der Waals surface area contributed by atoms with E-state index in [4.69, 9.17) is 14.3 Å². The van der Waals surface area contributed by atoms with Crippen molar-refractivity contribution in [3.05, 3.63) is 47.1 Å². The van der Waals surface area contributed by atoms with Gasteiger partial charge >= 0.3 is 17.2 Å². The molecule has 0 aromatic rings. The van der Waals surface area contributed by atoms with Crippen LogP contribution in [-0.2, 0) is 8.83 Å². The van der Waals surface area contributed by atoms with Gasteiger partial charge in [-0.1, -0.05) is 47.1 Å². The Morgan fingerprint density at radius 1 is 0.769 bits per heavy atom. The molecule has 0 aliphatic rings. The van der Waals surface area contributed by atoms with Crippen molar-refractivity contribution in [3.63, 3.8) is 0 Å². The largest absolute Gasteiger partial charge is 0.337 e. The van der Waals surface area contributed by atoms with Crippen molar-refractivity contribution in [1.29, 1.82) is 0 Å². The summed E-state index contributed by atoms with van der Waals surface area (Å²) in [7, 11) is -4.81. The van der Waals surface area contributed by atoms with Gasteiger partial charge in [0, 0.05) is 0 Å². The van der Waals surface area contributed by atoms with Gasteiger partial charge in [0.15, 0.2) is 0 Å². The summed E-state index contributed by atoms with van der Waals surface area (Å²) in [6, 6.07) is 0. The van der Waals surface area contributed by atoms with Crippen molar-refractivity contribution in [2.75, 3.05) is 6.61 Å². The number of unbranched alkanes of at least 4 members (excludes halogenated alkanes) is 1. The van der Waals surface area contributed by atoms with E-state index in [9.17, 15) is 4.89 Å². The Hall–Kier alpha value is -0.380. The maximum absolute atomic E-state index is 9.23. The lowest BCUT2D eigenvalue weighted by atomic mass is 10.1. The van der Waals surface area contributed by atoms with Crippen LogP contribution in [0.25, 0.3) is 0 Å². The molecule has 0 spiro atoms. The summed E-state index contributed by atoms with van der Waals surface area (Å²) in [5, 5.41) is 0. The van der Waals surface area contributed by atoms with Crippen molar-refractivity contribution in [2.45, 2.75) is 66.2 Å². The predicted molar refractivity (Wildman–Crippen MR) is 111 cm³/mol. The second-order valence-electron chi connectivity index (χ2n) is 6.38. The van der Waals surface area contributed by atoms with Gasteiger partial charge in [-0.15, -0.1) is 0 Å². The highest BCUT2D eigenvalue weighted by molar-refractivity contribution is 7.54. The molecule has 0 bridgehead atoms. The number of hydrogen-bond acceptors (Lipinski definition) is 5. The van der Waals surface area contributed by atoms with Crippen LogP contribution in [0.4, 0.5) is 0 Å². The van der Waals surface area contributed by atoms with Crippen LogP contribution in [0.2, 0.25) is 0 Å². The van der Waals surface area contributed by atoms with Crippen molar-refractivity contribution in [3.8, 4) is 0 Å². The smallest absolute Gasteiger partial charge is 0.328 e. The van der Waals surface area contributed by atoms with E-state index in [1.165, 1.54) is 11.1 Å². The molecule has 0 heterocycles. The third-order valence-electron chi connectivity index (χ3n) is 3.55. The molecule has 5 nitrogen and oxygen atoms in total. The lowest BCUT2D eigenvalue weighted by molar-refractivity contribution is 0.269. The number of rotatable bonds is 14. The zero-order chi connectivity index (χ0) is 19.8. The third-order valence-corrected chi connectivity index (χ3v) is 5.06. The molecular weight excluding hydrogens is 370 g/mol. The normalized spacial score (nSPS) is 14.3. The first kappa shape index (κ1) is 25.6. The molecule has 150 valence electrons. The molecule has 26 heavy (non-hydrogen) atoms. The minimum absolute atomic E-state index is 0.192. The Morgan fingerprint density at radius 3 is 2.04 bits per heavy atom. The summed E-state index contributed by atoms with van der Waals surface area (Å²) in [6.07, 6.45) is 17.2. The van der Waals surface area contributed by atoms with Gasteiger partial charge in [0.25, 0.3) is 0 Å². The highest BCUT2D eigenvalue weighted by atomic mass is 31.2. The summed E-state index contributed by atoms with van der Waals surface area (Å²) in [5.74, 6) is 0. The molecule has 0 aromatic heterocycles. The van der Waals surface area contributed by atoms with Crippen LogP contribution < -0.4 is 0 Å². The van der Waals surface area contributed by atoms with Crippen molar-refractivity contribution < 1.29 is 23.5 Å². The Bertz CT molecular complexity index is 480. The van der Waals surface area contributed by atoms with Crippen molar-refractivity contribution >= 4 is 17.2 Å². The van der Waals surface area contributed by atoms with Gasteiger partial charge in [-0.05, 0) is 66.2 Å². The minimum Gasteiger partial charge on any atom is -0.328 e. The molecule has 1 unspecified atom stereocenters. The van der Waals surface area contributed by atoms with Gasteiger partial charge in [0.1, 0.15) is 0 Å². The second-order valence-corrected chi connectivity index (χ2v) is 8.27. The lowest BCUT2D eigenvalue weighted by Crippen LogP contribution is -1.89. The molecule has 0 fully saturated rings. The monoisotopic (exact) mass is 404 g/mol. The highest BCUT2D eigenvalue weighted by Crippen LogP contribution is 2.46. The molecule has 0 aliphatic heterocycles. The molecule has 1 atom stereocenters. The summed E-state index contributed by atoms with van der Waals surface area (Å²) >= 11 is 0. The summed E-state index contributed by atoms with van der Waals surface area (Å²) < 4.78 is 9.30. The standard InChI is InChI=1S/C19H34O5P2/c1-17(2)11-8-6-5-7-9-12-18(3)13-10-14-19(4)15-16-23-26(22)24-25(20)21/h5,7,11,13,15,20-22H,6,8-10,12,14,16H2,1-4H3/b7-5+,18-13+,19-15+. The SMILES string of the molecule is CC(C)=CCC/C=C/CC/C(C)=C/CC/C(C)=C/COP(O)OP(O)O. The summed E-state index contributed by atoms with van der Waals surface area (Å²) in [6.45, 7) is 8.62. The molecule has 0 rings (SSSR count). The summed E-state index contributed by atoms with van der Waals surface area (Å²) in [5.41, 5.74) is 3.93. The topological polar surface area (TPSA) is 79.2 Å². The molecule has 0 amide bonds. The fourth-order valence-electron chi connectivity index (χ4n) is 2.09. The van der Waals surface area contributed by atoms with Gasteiger partial charge in [-0.3, -0.25) is 0 Å². The maximum atomic E-state index is 9.23. The average Bonchev–Trinajstić information content (AvgIpc) is 2.53. The Balaban J connectivity index is 3.85. The molecule has 3 N–H and O–H groups in total. The van der Waals surface area contributed by atoms with Crippen molar-refractivity contribution in [1.82, 2.24) is 0 Å². The van der Waals surface area contributed by atoms with E-state index >= 15 is 0 Å². The first-order valence-corrected chi connectivity index (χ1v) is 11.2. The Labute approximate surface area is 161 Å².